The minimum atomic E-state index is -0.742. The second-order valence-electron chi connectivity index (χ2n) is 13.5. The number of hydrogen-bond donors (Lipinski definition) is 0. The Morgan fingerprint density at radius 3 is 2.02 bits per heavy atom. The fourth-order valence-corrected chi connectivity index (χ4v) is 5.72. The van der Waals surface area contributed by atoms with Crippen LogP contribution >= 0.6 is 0 Å². The van der Waals surface area contributed by atoms with Gasteiger partial charge in [-0.1, -0.05) is 79.7 Å². The van der Waals surface area contributed by atoms with E-state index in [2.05, 4.69) is 29.1 Å². The Morgan fingerprint density at radius 2 is 1.44 bits per heavy atom. The Labute approximate surface area is 294 Å². The first-order chi connectivity index (χ1) is 24.2. The van der Waals surface area contributed by atoms with E-state index in [0.717, 1.165) is 35.5 Å². The first kappa shape index (κ1) is 34.5. The Kier molecular flexibility index (Phi) is 10.7. The van der Waals surface area contributed by atoms with E-state index >= 15 is 0 Å². The quantitative estimate of drug-likeness (QED) is 0.138. The molecule has 1 aliphatic heterocycles. The lowest BCUT2D eigenvalue weighted by molar-refractivity contribution is 0.0597. The van der Waals surface area contributed by atoms with Gasteiger partial charge >= 0.3 is 6.09 Å². The van der Waals surface area contributed by atoms with E-state index in [1.54, 1.807) is 10.9 Å². The number of carbonyl (C=O) groups excluding carboxylic acids is 1. The molecule has 2 heterocycles. The summed E-state index contributed by atoms with van der Waals surface area (Å²) in [5.41, 5.74) is 4.56. The lowest BCUT2D eigenvalue weighted by Gasteiger charge is -2.30. The molecule has 10 nitrogen and oxygen atoms in total. The van der Waals surface area contributed by atoms with Gasteiger partial charge in [0.1, 0.15) is 36.0 Å². The molecular formula is C40H45N5O5. The van der Waals surface area contributed by atoms with E-state index in [1.807, 2.05) is 118 Å². The fraction of sp³-hybridized carbons (Fsp3) is 0.325. The maximum Gasteiger partial charge on any atom is 0.420 e. The van der Waals surface area contributed by atoms with Gasteiger partial charge in [-0.2, -0.15) is 4.68 Å². The molecule has 1 fully saturated rings. The molecule has 0 saturated carbocycles. The van der Waals surface area contributed by atoms with E-state index in [0.29, 0.717) is 55.1 Å². The van der Waals surface area contributed by atoms with Gasteiger partial charge in [0.05, 0.1) is 25.1 Å². The zero-order chi connectivity index (χ0) is 35.1. The molecule has 0 unspecified atom stereocenters. The molecule has 1 saturated heterocycles. The van der Waals surface area contributed by atoms with Gasteiger partial charge in [0.25, 0.3) is 0 Å². The average Bonchev–Trinajstić information content (AvgIpc) is 3.59. The number of anilines is 3. The molecule has 0 atom stereocenters. The lowest BCUT2D eigenvalue weighted by atomic mass is 10.0. The Morgan fingerprint density at radius 1 is 0.840 bits per heavy atom. The zero-order valence-corrected chi connectivity index (χ0v) is 29.4. The largest absolute Gasteiger partial charge is 0.488 e. The monoisotopic (exact) mass is 675 g/mol. The maximum absolute atomic E-state index is 14.0. The van der Waals surface area contributed by atoms with E-state index in [9.17, 15) is 4.79 Å². The number of ether oxygens (including phenoxy) is 4. The number of benzene rings is 4. The van der Waals surface area contributed by atoms with Crippen LogP contribution in [0.15, 0.2) is 103 Å². The van der Waals surface area contributed by atoms with Crippen LogP contribution in [0.1, 0.15) is 57.2 Å². The van der Waals surface area contributed by atoms with E-state index in [-0.39, 0.29) is 5.92 Å². The van der Waals surface area contributed by atoms with E-state index in [4.69, 9.17) is 18.9 Å². The molecule has 50 heavy (non-hydrogen) atoms. The molecule has 0 N–H and O–H groups in total. The van der Waals surface area contributed by atoms with Gasteiger partial charge in [-0.15, -0.1) is 5.10 Å². The molecular weight excluding hydrogens is 630 g/mol. The summed E-state index contributed by atoms with van der Waals surface area (Å²) in [6.07, 6.45) is 1.01. The van der Waals surface area contributed by atoms with Gasteiger partial charge in [0, 0.05) is 24.8 Å². The molecule has 0 radical (unpaired) electrons. The normalized spacial score (nSPS) is 13.3. The van der Waals surface area contributed by atoms with E-state index < -0.39 is 11.7 Å². The van der Waals surface area contributed by atoms with Gasteiger partial charge < -0.3 is 23.8 Å². The van der Waals surface area contributed by atoms with Crippen LogP contribution in [0.5, 0.6) is 11.5 Å². The fourth-order valence-electron chi connectivity index (χ4n) is 5.72. The molecule has 5 aromatic rings. The molecule has 1 aliphatic rings. The third-order valence-electron chi connectivity index (χ3n) is 8.24. The number of carbonyl (C=O) groups is 1. The summed E-state index contributed by atoms with van der Waals surface area (Å²) in [4.78, 5) is 17.8. The van der Waals surface area contributed by atoms with E-state index in [1.165, 1.54) is 4.90 Å². The third kappa shape index (κ3) is 8.44. The summed E-state index contributed by atoms with van der Waals surface area (Å²) in [6.45, 7) is 13.5. The van der Waals surface area contributed by atoms with Crippen LogP contribution < -0.4 is 19.3 Å². The highest BCUT2D eigenvalue weighted by atomic mass is 16.6. The summed E-state index contributed by atoms with van der Waals surface area (Å²) < 4.78 is 26.1. The predicted molar refractivity (Wildman–Crippen MR) is 195 cm³/mol. The van der Waals surface area contributed by atoms with Crippen molar-refractivity contribution in [3.05, 3.63) is 120 Å². The van der Waals surface area contributed by atoms with Crippen LogP contribution in [0.2, 0.25) is 0 Å². The van der Waals surface area contributed by atoms with Crippen LogP contribution in [-0.4, -0.2) is 53.0 Å². The van der Waals surface area contributed by atoms with Crippen molar-refractivity contribution in [3.63, 3.8) is 0 Å². The van der Waals surface area contributed by atoms with Crippen molar-refractivity contribution in [1.82, 2.24) is 15.0 Å². The van der Waals surface area contributed by atoms with Gasteiger partial charge in [0.2, 0.25) is 0 Å². The minimum absolute atomic E-state index is 0.101. The molecule has 0 aliphatic carbocycles. The first-order valence-electron chi connectivity index (χ1n) is 17.0. The zero-order valence-electron chi connectivity index (χ0n) is 29.4. The minimum Gasteiger partial charge on any atom is -0.488 e. The van der Waals surface area contributed by atoms with Crippen LogP contribution in [0.4, 0.5) is 22.0 Å². The Bertz CT molecular complexity index is 1850. The average molecular weight is 676 g/mol. The molecule has 260 valence electrons. The van der Waals surface area contributed by atoms with Crippen molar-refractivity contribution in [3.8, 4) is 17.2 Å². The second kappa shape index (κ2) is 15.5. The summed E-state index contributed by atoms with van der Waals surface area (Å²) in [7, 11) is 0. The van der Waals surface area contributed by atoms with Crippen LogP contribution in [-0.2, 0) is 22.7 Å². The number of amides is 1. The summed E-state index contributed by atoms with van der Waals surface area (Å²) in [5, 5.41) is 8.82. The summed E-state index contributed by atoms with van der Waals surface area (Å²) >= 11 is 0. The van der Waals surface area contributed by atoms with Crippen LogP contribution in [0.25, 0.3) is 5.69 Å². The SMILES string of the molecule is CC(C)c1cc(-n2nncc2N(C(=O)OC(C)(C)C)c2ccc(N3CCOCC3)cc2)c(OCc2ccccc2)cc1OCc1ccccc1. The lowest BCUT2D eigenvalue weighted by Crippen LogP contribution is -2.36. The highest BCUT2D eigenvalue weighted by molar-refractivity contribution is 5.95. The highest BCUT2D eigenvalue weighted by Crippen LogP contribution is 2.39. The van der Waals surface area contributed by atoms with Gasteiger partial charge in [-0.05, 0) is 73.7 Å². The number of hydrogen-bond acceptors (Lipinski definition) is 8. The molecule has 6 rings (SSSR count). The summed E-state index contributed by atoms with van der Waals surface area (Å²) in [5.74, 6) is 1.74. The summed E-state index contributed by atoms with van der Waals surface area (Å²) in [6, 6.07) is 31.8. The number of nitrogens with zero attached hydrogens (tertiary/aromatic N) is 5. The molecule has 1 aromatic heterocycles. The second-order valence-corrected chi connectivity index (χ2v) is 13.5. The Hall–Kier alpha value is -5.35. The van der Waals surface area contributed by atoms with Crippen molar-refractivity contribution in [2.24, 2.45) is 0 Å². The van der Waals surface area contributed by atoms with Crippen molar-refractivity contribution < 1.29 is 23.7 Å². The van der Waals surface area contributed by atoms with Crippen molar-refractivity contribution in [2.45, 2.75) is 59.4 Å². The first-order valence-corrected chi connectivity index (χ1v) is 17.0. The maximum atomic E-state index is 14.0. The van der Waals surface area contributed by atoms with Gasteiger partial charge in [-0.3, -0.25) is 0 Å². The molecule has 4 aromatic carbocycles. The molecule has 1 amide bonds. The third-order valence-corrected chi connectivity index (χ3v) is 8.24. The number of rotatable bonds is 11. The predicted octanol–water partition coefficient (Wildman–Crippen LogP) is 8.46. The van der Waals surface area contributed by atoms with Crippen LogP contribution in [0.3, 0.4) is 0 Å². The highest BCUT2D eigenvalue weighted by Gasteiger charge is 2.30. The van der Waals surface area contributed by atoms with Gasteiger partial charge in [-0.25, -0.2) is 9.69 Å². The van der Waals surface area contributed by atoms with Crippen molar-refractivity contribution >= 4 is 23.3 Å². The smallest absolute Gasteiger partial charge is 0.420 e. The molecule has 0 spiro atoms. The standard InChI is InChI=1S/C40H45N5O5/c1-29(2)34-24-35(37(49-28-31-14-10-7-11-15-31)25-36(34)48-27-30-12-8-6-9-13-30)45-38(26-41-42-45)44(39(46)50-40(3,4)5)33-18-16-32(17-19-33)43-20-22-47-23-21-43/h6-19,24-26,29H,20-23,27-28H2,1-5H3. The Balaban J connectivity index is 1.43. The van der Waals surface area contributed by atoms with Gasteiger partial charge in [0.15, 0.2) is 5.82 Å². The van der Waals surface area contributed by atoms with Crippen molar-refractivity contribution in [1.29, 1.82) is 0 Å². The number of morpholine rings is 1. The van der Waals surface area contributed by atoms with Crippen molar-refractivity contribution in [2.75, 3.05) is 36.1 Å². The topological polar surface area (TPSA) is 91.2 Å². The molecule has 10 heteroatoms. The molecule has 0 bridgehead atoms. The van der Waals surface area contributed by atoms with Crippen LogP contribution in [0, 0.1) is 0 Å². The number of aromatic nitrogens is 3.